The van der Waals surface area contributed by atoms with Crippen molar-refractivity contribution in [3.63, 3.8) is 0 Å². The van der Waals surface area contributed by atoms with Crippen LogP contribution in [0.5, 0.6) is 0 Å². The van der Waals surface area contributed by atoms with Gasteiger partial charge >= 0.3 is 6.03 Å². The summed E-state index contributed by atoms with van der Waals surface area (Å²) >= 11 is 1.50. The van der Waals surface area contributed by atoms with Crippen molar-refractivity contribution < 1.29 is 14.4 Å². The number of primary amides is 1. The van der Waals surface area contributed by atoms with Gasteiger partial charge in [-0.15, -0.1) is 11.3 Å². The monoisotopic (exact) mass is 364 g/mol. The van der Waals surface area contributed by atoms with Crippen molar-refractivity contribution in [2.75, 3.05) is 13.1 Å². The van der Waals surface area contributed by atoms with Crippen LogP contribution in [0.1, 0.15) is 46.3 Å². The van der Waals surface area contributed by atoms with E-state index in [1.807, 2.05) is 6.07 Å². The van der Waals surface area contributed by atoms with Crippen LogP contribution in [-0.2, 0) is 17.6 Å². The van der Waals surface area contributed by atoms with Gasteiger partial charge < -0.3 is 10.6 Å². The first-order chi connectivity index (χ1) is 11.9. The summed E-state index contributed by atoms with van der Waals surface area (Å²) in [5.74, 6) is -0.270. The highest BCUT2D eigenvalue weighted by molar-refractivity contribution is 7.14. The smallest absolute Gasteiger partial charge is 0.314 e. The SMILES string of the molecule is C[C@@H]1CCc2sc(C(=O)NNC(=O)[C@H]3CCCN(C(N)=O)C3)cc2C1. The Balaban J connectivity index is 1.53. The minimum atomic E-state index is -0.514. The van der Waals surface area contributed by atoms with Gasteiger partial charge in [-0.1, -0.05) is 6.92 Å². The highest BCUT2D eigenvalue weighted by atomic mass is 32.1. The van der Waals surface area contributed by atoms with E-state index in [0.29, 0.717) is 30.3 Å². The summed E-state index contributed by atoms with van der Waals surface area (Å²) < 4.78 is 0. The molecule has 4 amide bonds. The van der Waals surface area contributed by atoms with Gasteiger partial charge in [0, 0.05) is 18.0 Å². The highest BCUT2D eigenvalue weighted by Crippen LogP contribution is 2.32. The Morgan fingerprint density at radius 2 is 2.08 bits per heavy atom. The van der Waals surface area contributed by atoms with Crippen molar-refractivity contribution in [3.8, 4) is 0 Å². The van der Waals surface area contributed by atoms with Crippen LogP contribution in [0.15, 0.2) is 6.07 Å². The molecule has 2 atom stereocenters. The zero-order chi connectivity index (χ0) is 18.0. The number of nitrogens with two attached hydrogens (primary N) is 1. The third-order valence-corrected chi connectivity index (χ3v) is 6.19. The number of piperidine rings is 1. The maximum atomic E-state index is 12.3. The molecule has 4 N–H and O–H groups in total. The van der Waals surface area contributed by atoms with E-state index >= 15 is 0 Å². The average molecular weight is 364 g/mol. The molecule has 7 nitrogen and oxygen atoms in total. The first kappa shape index (κ1) is 17.7. The van der Waals surface area contributed by atoms with Crippen LogP contribution in [0.3, 0.4) is 0 Å². The Bertz CT molecular complexity index is 687. The predicted octanol–water partition coefficient (Wildman–Crippen LogP) is 1.42. The molecule has 0 spiro atoms. The lowest BCUT2D eigenvalue weighted by Crippen LogP contribution is -2.50. The number of rotatable bonds is 2. The van der Waals surface area contributed by atoms with Crippen molar-refractivity contribution in [2.45, 2.75) is 39.0 Å². The second-order valence-corrected chi connectivity index (χ2v) is 8.11. The van der Waals surface area contributed by atoms with Gasteiger partial charge in [0.05, 0.1) is 10.8 Å². The van der Waals surface area contributed by atoms with E-state index in [0.717, 1.165) is 25.7 Å². The number of hydrogen-bond donors (Lipinski definition) is 3. The number of thiophene rings is 1. The van der Waals surface area contributed by atoms with Crippen LogP contribution in [-0.4, -0.2) is 35.8 Å². The number of hydrogen-bond acceptors (Lipinski definition) is 4. The van der Waals surface area contributed by atoms with Gasteiger partial charge in [-0.05, 0) is 49.7 Å². The van der Waals surface area contributed by atoms with E-state index in [9.17, 15) is 14.4 Å². The second kappa shape index (κ2) is 7.43. The van der Waals surface area contributed by atoms with Gasteiger partial charge in [0.2, 0.25) is 5.91 Å². The van der Waals surface area contributed by atoms with Gasteiger partial charge in [-0.3, -0.25) is 20.4 Å². The molecule has 8 heteroatoms. The molecular formula is C17H24N4O3S. The fourth-order valence-corrected chi connectivity index (χ4v) is 4.59. The number of hydrazine groups is 1. The van der Waals surface area contributed by atoms with Crippen LogP contribution in [0.2, 0.25) is 0 Å². The highest BCUT2D eigenvalue weighted by Gasteiger charge is 2.28. The van der Waals surface area contributed by atoms with Gasteiger partial charge in [-0.25, -0.2) is 4.79 Å². The zero-order valence-electron chi connectivity index (χ0n) is 14.3. The fraction of sp³-hybridized carbons (Fsp3) is 0.588. The van der Waals surface area contributed by atoms with Crippen LogP contribution in [0.25, 0.3) is 0 Å². The Hall–Kier alpha value is -2.09. The molecule has 1 aliphatic heterocycles. The first-order valence-corrected chi connectivity index (χ1v) is 9.52. The molecule has 0 radical (unpaired) electrons. The van der Waals surface area contributed by atoms with E-state index < -0.39 is 6.03 Å². The number of carbonyl (C=O) groups is 3. The average Bonchev–Trinajstić information content (AvgIpc) is 3.02. The summed E-state index contributed by atoms with van der Waals surface area (Å²) in [6.07, 6.45) is 4.59. The molecule has 2 heterocycles. The molecular weight excluding hydrogens is 340 g/mol. The van der Waals surface area contributed by atoms with Crippen LogP contribution < -0.4 is 16.6 Å². The van der Waals surface area contributed by atoms with Gasteiger partial charge in [-0.2, -0.15) is 0 Å². The molecule has 1 aromatic heterocycles. The molecule has 0 unspecified atom stereocenters. The normalized spacial score (nSPS) is 22.8. The quantitative estimate of drug-likeness (QED) is 0.691. The third kappa shape index (κ3) is 4.12. The van der Waals surface area contributed by atoms with E-state index in [1.165, 1.54) is 26.7 Å². The lowest BCUT2D eigenvalue weighted by Gasteiger charge is -2.30. The van der Waals surface area contributed by atoms with Crippen molar-refractivity contribution in [1.82, 2.24) is 15.8 Å². The fourth-order valence-electron chi connectivity index (χ4n) is 3.49. The molecule has 2 aliphatic rings. The maximum absolute atomic E-state index is 12.3. The van der Waals surface area contributed by atoms with Crippen molar-refractivity contribution in [1.29, 1.82) is 0 Å². The summed E-state index contributed by atoms with van der Waals surface area (Å²) in [6, 6.07) is 1.42. The molecule has 0 aromatic carbocycles. The Morgan fingerprint density at radius 3 is 2.84 bits per heavy atom. The van der Waals surface area contributed by atoms with E-state index in [-0.39, 0.29) is 17.7 Å². The van der Waals surface area contributed by atoms with Crippen molar-refractivity contribution in [2.24, 2.45) is 17.6 Å². The van der Waals surface area contributed by atoms with Crippen molar-refractivity contribution >= 4 is 29.2 Å². The number of fused-ring (bicyclic) bond motifs is 1. The molecule has 3 rings (SSSR count). The van der Waals surface area contributed by atoms with Crippen LogP contribution in [0.4, 0.5) is 4.79 Å². The molecule has 25 heavy (non-hydrogen) atoms. The summed E-state index contributed by atoms with van der Waals surface area (Å²) in [5, 5.41) is 0. The number of aryl methyl sites for hydroxylation is 1. The van der Waals surface area contributed by atoms with E-state index in [2.05, 4.69) is 17.8 Å². The molecule has 1 fully saturated rings. The maximum Gasteiger partial charge on any atom is 0.314 e. The number of carbonyl (C=O) groups excluding carboxylic acids is 3. The van der Waals surface area contributed by atoms with Crippen LogP contribution >= 0.6 is 11.3 Å². The molecule has 0 bridgehead atoms. The Morgan fingerprint density at radius 1 is 1.28 bits per heavy atom. The third-order valence-electron chi connectivity index (χ3n) is 4.96. The lowest BCUT2D eigenvalue weighted by molar-refractivity contribution is -0.127. The summed E-state index contributed by atoms with van der Waals surface area (Å²) in [4.78, 5) is 39.1. The van der Waals surface area contributed by atoms with Crippen molar-refractivity contribution in [3.05, 3.63) is 21.4 Å². The number of urea groups is 1. The molecule has 0 saturated carbocycles. The number of likely N-dealkylation sites (tertiary alicyclic amines) is 1. The van der Waals surface area contributed by atoms with Crippen LogP contribution in [0, 0.1) is 11.8 Å². The van der Waals surface area contributed by atoms with E-state index in [4.69, 9.17) is 5.73 Å². The summed E-state index contributed by atoms with van der Waals surface area (Å²) in [7, 11) is 0. The molecule has 1 aliphatic carbocycles. The predicted molar refractivity (Wildman–Crippen MR) is 95.0 cm³/mol. The Labute approximate surface area is 150 Å². The van der Waals surface area contributed by atoms with Gasteiger partial charge in [0.15, 0.2) is 0 Å². The second-order valence-electron chi connectivity index (χ2n) is 6.97. The minimum absolute atomic E-state index is 0.283. The Kier molecular flexibility index (Phi) is 5.27. The number of amides is 4. The first-order valence-electron chi connectivity index (χ1n) is 8.70. The van der Waals surface area contributed by atoms with Gasteiger partial charge in [0.1, 0.15) is 0 Å². The largest absolute Gasteiger partial charge is 0.351 e. The van der Waals surface area contributed by atoms with E-state index in [1.54, 1.807) is 0 Å². The minimum Gasteiger partial charge on any atom is -0.351 e. The lowest BCUT2D eigenvalue weighted by atomic mass is 9.90. The number of nitrogens with zero attached hydrogens (tertiary/aromatic N) is 1. The molecule has 1 saturated heterocycles. The molecule has 136 valence electrons. The summed E-state index contributed by atoms with van der Waals surface area (Å²) in [6.45, 7) is 3.09. The number of nitrogens with one attached hydrogen (secondary N) is 2. The van der Waals surface area contributed by atoms with Gasteiger partial charge in [0.25, 0.3) is 5.91 Å². The summed E-state index contributed by atoms with van der Waals surface area (Å²) in [5.41, 5.74) is 11.5. The zero-order valence-corrected chi connectivity index (χ0v) is 15.2. The molecule has 1 aromatic rings. The topological polar surface area (TPSA) is 105 Å². The standard InChI is InChI=1S/C17H24N4O3S/c1-10-4-5-13-12(7-10)8-14(25-13)16(23)20-19-15(22)11-3-2-6-21(9-11)17(18)24/h8,10-11H,2-7,9H2,1H3,(H2,18,24)(H,19,22)(H,20,23)/t10-,11+/m1/s1.